The number of aryl methyl sites for hydroxylation is 1. The highest BCUT2D eigenvalue weighted by Gasteiger charge is 2.34. The van der Waals surface area contributed by atoms with Crippen LogP contribution in [0.15, 0.2) is 17.1 Å². The second kappa shape index (κ2) is 5.95. The smallest absolute Gasteiger partial charge is 0.449 e. The average molecular weight is 375 g/mol. The van der Waals surface area contributed by atoms with Crippen molar-refractivity contribution in [1.82, 2.24) is 4.40 Å². The molecule has 7 nitrogen and oxygen atoms in total. The highest BCUT2D eigenvalue weighted by Crippen LogP contribution is 2.44. The summed E-state index contributed by atoms with van der Waals surface area (Å²) in [6.45, 7) is 4.91. The lowest BCUT2D eigenvalue weighted by atomic mass is 10.0. The van der Waals surface area contributed by atoms with Crippen LogP contribution in [0.5, 0.6) is 5.75 Å². The standard InChI is InChI=1S/C19H22FN3O4/c1-10-15-12(11-3-4-11)7-14(27-18(25)26)17(24)23(15)8-13(20)16(10)22-6-5-19(2,21)9-22/h7-8,11H,3-6,9,21H2,1-2H3,(H,25,26). The Morgan fingerprint density at radius 2 is 2.15 bits per heavy atom. The fourth-order valence-electron chi connectivity index (χ4n) is 4.05. The van der Waals surface area contributed by atoms with Crippen LogP contribution in [0.3, 0.4) is 0 Å². The summed E-state index contributed by atoms with van der Waals surface area (Å²) < 4.78 is 20.8. The van der Waals surface area contributed by atoms with Crippen LogP contribution in [0.4, 0.5) is 14.9 Å². The van der Waals surface area contributed by atoms with E-state index in [2.05, 4.69) is 4.74 Å². The van der Waals surface area contributed by atoms with Gasteiger partial charge in [0.05, 0.1) is 17.4 Å². The van der Waals surface area contributed by atoms with Crippen LogP contribution in [0, 0.1) is 12.7 Å². The van der Waals surface area contributed by atoms with Crippen molar-refractivity contribution in [1.29, 1.82) is 0 Å². The zero-order valence-corrected chi connectivity index (χ0v) is 15.3. The van der Waals surface area contributed by atoms with Crippen LogP contribution in [-0.2, 0) is 0 Å². The second-order valence-electron chi connectivity index (χ2n) is 7.91. The van der Waals surface area contributed by atoms with Crippen molar-refractivity contribution in [3.05, 3.63) is 39.6 Å². The monoisotopic (exact) mass is 375 g/mol. The number of halogens is 1. The van der Waals surface area contributed by atoms with Crippen molar-refractivity contribution in [3.8, 4) is 5.75 Å². The molecule has 3 heterocycles. The molecular formula is C19H22FN3O4. The minimum absolute atomic E-state index is 0.215. The van der Waals surface area contributed by atoms with E-state index >= 15 is 4.39 Å². The molecule has 4 rings (SSSR count). The minimum atomic E-state index is -1.57. The maximum atomic E-state index is 15.0. The molecule has 1 saturated heterocycles. The lowest BCUT2D eigenvalue weighted by Gasteiger charge is -2.25. The molecule has 1 atom stereocenters. The van der Waals surface area contributed by atoms with E-state index in [1.165, 1.54) is 10.5 Å². The molecule has 8 heteroatoms. The molecule has 0 aromatic carbocycles. The highest BCUT2D eigenvalue weighted by molar-refractivity contribution is 5.74. The minimum Gasteiger partial charge on any atom is -0.449 e. The predicted molar refractivity (Wildman–Crippen MR) is 98.4 cm³/mol. The summed E-state index contributed by atoms with van der Waals surface area (Å²) in [4.78, 5) is 25.5. The quantitative estimate of drug-likeness (QED) is 0.801. The van der Waals surface area contributed by atoms with Gasteiger partial charge in [0.15, 0.2) is 11.6 Å². The number of hydrogen-bond donors (Lipinski definition) is 2. The molecule has 0 bridgehead atoms. The van der Waals surface area contributed by atoms with Crippen LogP contribution in [0.25, 0.3) is 5.52 Å². The van der Waals surface area contributed by atoms with E-state index in [1.807, 2.05) is 11.8 Å². The van der Waals surface area contributed by atoms with Crippen molar-refractivity contribution < 1.29 is 19.0 Å². The van der Waals surface area contributed by atoms with Gasteiger partial charge in [0.1, 0.15) is 0 Å². The average Bonchev–Trinajstić information content (AvgIpc) is 3.34. The third-order valence-corrected chi connectivity index (χ3v) is 5.45. The topological polar surface area (TPSA) is 97.3 Å². The molecule has 1 saturated carbocycles. The third-order valence-electron chi connectivity index (χ3n) is 5.45. The van der Waals surface area contributed by atoms with E-state index in [9.17, 15) is 9.59 Å². The van der Waals surface area contributed by atoms with E-state index in [1.54, 1.807) is 6.92 Å². The van der Waals surface area contributed by atoms with Crippen molar-refractivity contribution in [2.75, 3.05) is 18.0 Å². The van der Waals surface area contributed by atoms with Gasteiger partial charge < -0.3 is 20.5 Å². The van der Waals surface area contributed by atoms with Gasteiger partial charge in [0, 0.05) is 18.6 Å². The molecule has 2 aliphatic rings. The van der Waals surface area contributed by atoms with Crippen molar-refractivity contribution in [3.63, 3.8) is 0 Å². The molecular weight excluding hydrogens is 353 g/mol. The maximum Gasteiger partial charge on any atom is 0.511 e. The van der Waals surface area contributed by atoms with Gasteiger partial charge in [-0.1, -0.05) is 0 Å². The molecule has 3 N–H and O–H groups in total. The van der Waals surface area contributed by atoms with Gasteiger partial charge in [-0.3, -0.25) is 9.20 Å². The van der Waals surface area contributed by atoms with Crippen molar-refractivity contribution >= 4 is 17.4 Å². The number of nitrogens with zero attached hydrogens (tertiary/aromatic N) is 2. The van der Waals surface area contributed by atoms with Gasteiger partial charge in [-0.25, -0.2) is 9.18 Å². The summed E-state index contributed by atoms with van der Waals surface area (Å²) >= 11 is 0. The molecule has 1 unspecified atom stereocenters. The Labute approximate surface area is 155 Å². The number of ether oxygens (including phenoxy) is 1. The van der Waals surface area contributed by atoms with Gasteiger partial charge in [-0.05, 0) is 56.2 Å². The number of anilines is 1. The summed E-state index contributed by atoms with van der Waals surface area (Å²) in [7, 11) is 0. The molecule has 0 spiro atoms. The van der Waals surface area contributed by atoms with Crippen molar-refractivity contribution in [2.24, 2.45) is 5.73 Å². The number of nitrogens with two attached hydrogens (primary N) is 1. The molecule has 0 radical (unpaired) electrons. The predicted octanol–water partition coefficient (Wildman–Crippen LogP) is 2.61. The Morgan fingerprint density at radius 3 is 2.70 bits per heavy atom. The maximum absolute atomic E-state index is 15.0. The molecule has 2 aromatic rings. The van der Waals surface area contributed by atoms with Gasteiger partial charge in [0.25, 0.3) is 5.56 Å². The fraction of sp³-hybridized carbons (Fsp3) is 0.474. The summed E-state index contributed by atoms with van der Waals surface area (Å²) in [5.41, 5.74) is 7.70. The molecule has 27 heavy (non-hydrogen) atoms. The third kappa shape index (κ3) is 3.03. The second-order valence-corrected chi connectivity index (χ2v) is 7.91. The molecule has 2 fully saturated rings. The number of aromatic nitrogens is 1. The van der Waals surface area contributed by atoms with Gasteiger partial charge in [-0.15, -0.1) is 0 Å². The Hall–Kier alpha value is -2.61. The van der Waals surface area contributed by atoms with E-state index in [-0.39, 0.29) is 17.2 Å². The SMILES string of the molecule is Cc1c(N2CCC(C)(N)C2)c(F)cn2c(=O)c(OC(=O)O)cc(C3CC3)c12. The zero-order chi connectivity index (χ0) is 19.5. The Balaban J connectivity index is 1.96. The zero-order valence-electron chi connectivity index (χ0n) is 15.3. The number of carbonyl (C=O) groups is 1. The normalized spacial score (nSPS) is 22.4. The number of fused-ring (bicyclic) bond motifs is 1. The van der Waals surface area contributed by atoms with E-state index in [0.29, 0.717) is 29.9 Å². The Kier molecular flexibility index (Phi) is 3.92. The largest absolute Gasteiger partial charge is 0.511 e. The van der Waals surface area contributed by atoms with Crippen LogP contribution in [0.1, 0.15) is 43.2 Å². The Morgan fingerprint density at radius 1 is 1.44 bits per heavy atom. The lowest BCUT2D eigenvalue weighted by molar-refractivity contribution is 0.143. The van der Waals surface area contributed by atoms with Crippen LogP contribution in [0.2, 0.25) is 0 Å². The first-order chi connectivity index (χ1) is 12.7. The van der Waals surface area contributed by atoms with Crippen LogP contribution >= 0.6 is 0 Å². The van der Waals surface area contributed by atoms with Crippen LogP contribution < -0.4 is 20.9 Å². The Bertz CT molecular complexity index is 1010. The number of rotatable bonds is 3. The van der Waals surface area contributed by atoms with E-state index in [4.69, 9.17) is 10.8 Å². The lowest BCUT2D eigenvalue weighted by Crippen LogP contribution is -2.39. The molecule has 1 aliphatic carbocycles. The van der Waals surface area contributed by atoms with E-state index < -0.39 is 17.5 Å². The first-order valence-electron chi connectivity index (χ1n) is 9.01. The summed E-state index contributed by atoms with van der Waals surface area (Å²) in [6.07, 6.45) is 2.20. The highest BCUT2D eigenvalue weighted by atomic mass is 19.1. The fourth-order valence-corrected chi connectivity index (χ4v) is 4.05. The van der Waals surface area contributed by atoms with Gasteiger partial charge in [0.2, 0.25) is 0 Å². The summed E-state index contributed by atoms with van der Waals surface area (Å²) in [5.74, 6) is -0.620. The summed E-state index contributed by atoms with van der Waals surface area (Å²) in [5, 5.41) is 8.89. The molecule has 2 aromatic heterocycles. The molecule has 0 amide bonds. The first-order valence-corrected chi connectivity index (χ1v) is 9.01. The number of pyridine rings is 2. The van der Waals surface area contributed by atoms with Gasteiger partial charge >= 0.3 is 6.16 Å². The van der Waals surface area contributed by atoms with E-state index in [0.717, 1.165) is 31.0 Å². The molecule has 144 valence electrons. The summed E-state index contributed by atoms with van der Waals surface area (Å²) in [6, 6.07) is 1.50. The van der Waals surface area contributed by atoms with Crippen molar-refractivity contribution in [2.45, 2.75) is 44.6 Å². The van der Waals surface area contributed by atoms with Crippen LogP contribution in [-0.4, -0.2) is 34.3 Å². The number of hydrogen-bond acceptors (Lipinski definition) is 5. The first kappa shape index (κ1) is 17.8. The van der Waals surface area contributed by atoms with Gasteiger partial charge in [-0.2, -0.15) is 0 Å². The number of carboxylic acid groups (broad SMARTS) is 1. The molecule has 1 aliphatic heterocycles.